The monoisotopic (exact) mass is 421 g/mol. The van der Waals surface area contributed by atoms with Crippen LogP contribution in [0, 0.1) is 10.1 Å². The third-order valence-electron chi connectivity index (χ3n) is 5.47. The van der Waals surface area contributed by atoms with E-state index in [9.17, 15) is 19.7 Å². The summed E-state index contributed by atoms with van der Waals surface area (Å²) in [4.78, 5) is 40.6. The quantitative estimate of drug-likeness (QED) is 0.417. The van der Waals surface area contributed by atoms with Gasteiger partial charge in [0.15, 0.2) is 0 Å². The highest BCUT2D eigenvalue weighted by molar-refractivity contribution is 6.07. The van der Waals surface area contributed by atoms with Crippen molar-refractivity contribution >= 4 is 34.1 Å². The zero-order chi connectivity index (χ0) is 21.8. The SMILES string of the molecule is O=C(CN1CCC(NC(=O)c2c[nH]c3ccc([N+](=O)[O-])cc23)CC1)Nc1ccccc1. The maximum absolute atomic E-state index is 12.8. The number of hydrogen-bond acceptors (Lipinski definition) is 5. The van der Waals surface area contributed by atoms with Crippen molar-refractivity contribution in [3.63, 3.8) is 0 Å². The van der Waals surface area contributed by atoms with Crippen LogP contribution in [0.5, 0.6) is 0 Å². The van der Waals surface area contributed by atoms with E-state index in [1.807, 2.05) is 30.3 Å². The summed E-state index contributed by atoms with van der Waals surface area (Å²) in [5.74, 6) is -0.318. The third kappa shape index (κ3) is 4.89. The van der Waals surface area contributed by atoms with Gasteiger partial charge in [-0.1, -0.05) is 18.2 Å². The summed E-state index contributed by atoms with van der Waals surface area (Å²) in [5.41, 5.74) is 1.79. The first-order chi connectivity index (χ1) is 15.0. The fourth-order valence-corrected chi connectivity index (χ4v) is 3.83. The molecule has 2 heterocycles. The first-order valence-electron chi connectivity index (χ1n) is 10.1. The van der Waals surface area contributed by atoms with Gasteiger partial charge in [0.05, 0.1) is 17.0 Å². The smallest absolute Gasteiger partial charge is 0.270 e. The van der Waals surface area contributed by atoms with E-state index in [1.165, 1.54) is 12.1 Å². The number of nitrogens with zero attached hydrogens (tertiary/aromatic N) is 2. The maximum atomic E-state index is 12.8. The summed E-state index contributed by atoms with van der Waals surface area (Å²) in [6, 6.07) is 13.7. The Morgan fingerprint density at radius 3 is 2.58 bits per heavy atom. The average molecular weight is 421 g/mol. The van der Waals surface area contributed by atoms with E-state index in [2.05, 4.69) is 20.5 Å². The van der Waals surface area contributed by atoms with Crippen molar-refractivity contribution in [2.45, 2.75) is 18.9 Å². The fourth-order valence-electron chi connectivity index (χ4n) is 3.83. The van der Waals surface area contributed by atoms with Crippen LogP contribution in [-0.4, -0.2) is 52.3 Å². The highest BCUT2D eigenvalue weighted by Crippen LogP contribution is 2.24. The number of likely N-dealkylation sites (tertiary alicyclic amines) is 1. The Kier molecular flexibility index (Phi) is 5.94. The highest BCUT2D eigenvalue weighted by Gasteiger charge is 2.24. The van der Waals surface area contributed by atoms with Gasteiger partial charge in [0.2, 0.25) is 5.91 Å². The number of nitro groups is 1. The van der Waals surface area contributed by atoms with E-state index in [1.54, 1.807) is 12.3 Å². The van der Waals surface area contributed by atoms with Gasteiger partial charge in [0, 0.05) is 54.1 Å². The van der Waals surface area contributed by atoms with Crippen molar-refractivity contribution in [1.82, 2.24) is 15.2 Å². The lowest BCUT2D eigenvalue weighted by atomic mass is 10.0. The molecule has 31 heavy (non-hydrogen) atoms. The highest BCUT2D eigenvalue weighted by atomic mass is 16.6. The normalized spacial score (nSPS) is 15.0. The second-order valence-electron chi connectivity index (χ2n) is 7.63. The van der Waals surface area contributed by atoms with E-state index in [4.69, 9.17) is 0 Å². The van der Waals surface area contributed by atoms with Gasteiger partial charge >= 0.3 is 0 Å². The van der Waals surface area contributed by atoms with E-state index in [0.29, 0.717) is 36.1 Å². The number of carbonyl (C=O) groups is 2. The lowest BCUT2D eigenvalue weighted by Gasteiger charge is -2.31. The Morgan fingerprint density at radius 2 is 1.87 bits per heavy atom. The molecule has 0 bridgehead atoms. The first kappa shape index (κ1) is 20.5. The van der Waals surface area contributed by atoms with Gasteiger partial charge in [-0.3, -0.25) is 24.6 Å². The van der Waals surface area contributed by atoms with Crippen molar-refractivity contribution in [1.29, 1.82) is 0 Å². The number of aromatic nitrogens is 1. The second kappa shape index (κ2) is 8.97. The minimum absolute atomic E-state index is 0.00965. The molecule has 0 saturated carbocycles. The molecule has 1 aliphatic heterocycles. The number of para-hydroxylation sites is 1. The molecule has 9 nitrogen and oxygen atoms in total. The lowest BCUT2D eigenvalue weighted by molar-refractivity contribution is -0.384. The van der Waals surface area contributed by atoms with Crippen LogP contribution in [0.3, 0.4) is 0 Å². The number of nitro benzene ring substituents is 1. The van der Waals surface area contributed by atoms with Crippen molar-refractivity contribution in [2.75, 3.05) is 25.0 Å². The first-order valence-corrected chi connectivity index (χ1v) is 10.1. The van der Waals surface area contributed by atoms with Crippen LogP contribution >= 0.6 is 0 Å². The standard InChI is InChI=1S/C22H23N5O4/c28-21(24-15-4-2-1-3-5-15)14-26-10-8-16(9-11-26)25-22(29)19-13-23-20-7-6-17(27(30)31)12-18(19)20/h1-7,12-13,16,23H,8-11,14H2,(H,24,28)(H,25,29). The largest absolute Gasteiger partial charge is 0.360 e. The van der Waals surface area contributed by atoms with Crippen LogP contribution in [-0.2, 0) is 4.79 Å². The molecular weight excluding hydrogens is 398 g/mol. The van der Waals surface area contributed by atoms with Crippen molar-refractivity contribution in [3.05, 3.63) is 70.4 Å². The fraction of sp³-hybridized carbons (Fsp3) is 0.273. The minimum atomic E-state index is -0.474. The van der Waals surface area contributed by atoms with Gasteiger partial charge in [-0.2, -0.15) is 0 Å². The molecule has 0 aliphatic carbocycles. The molecule has 0 unspecified atom stereocenters. The Labute approximate surface area is 178 Å². The van der Waals surface area contributed by atoms with Crippen molar-refractivity contribution < 1.29 is 14.5 Å². The predicted molar refractivity (Wildman–Crippen MR) is 117 cm³/mol. The lowest BCUT2D eigenvalue weighted by Crippen LogP contribution is -2.46. The van der Waals surface area contributed by atoms with Gasteiger partial charge in [-0.05, 0) is 31.0 Å². The number of carbonyl (C=O) groups excluding carboxylic acids is 2. The average Bonchev–Trinajstić information content (AvgIpc) is 3.19. The van der Waals surface area contributed by atoms with Gasteiger partial charge in [0.1, 0.15) is 0 Å². The Morgan fingerprint density at radius 1 is 1.13 bits per heavy atom. The van der Waals surface area contributed by atoms with E-state index in [-0.39, 0.29) is 23.5 Å². The van der Waals surface area contributed by atoms with Crippen molar-refractivity contribution in [2.24, 2.45) is 0 Å². The number of hydrogen-bond donors (Lipinski definition) is 3. The number of amides is 2. The number of rotatable bonds is 6. The molecular formula is C22H23N5O4. The van der Waals surface area contributed by atoms with Gasteiger partial charge in [-0.15, -0.1) is 0 Å². The van der Waals surface area contributed by atoms with Crippen LogP contribution in [0.2, 0.25) is 0 Å². The number of piperidine rings is 1. The number of fused-ring (bicyclic) bond motifs is 1. The Bertz CT molecular complexity index is 1100. The molecule has 1 saturated heterocycles. The van der Waals surface area contributed by atoms with E-state index in [0.717, 1.165) is 18.5 Å². The van der Waals surface area contributed by atoms with Crippen LogP contribution in [0.4, 0.5) is 11.4 Å². The summed E-state index contributed by atoms with van der Waals surface area (Å²) < 4.78 is 0. The summed E-state index contributed by atoms with van der Waals surface area (Å²) in [6.45, 7) is 1.71. The molecule has 4 rings (SSSR count). The van der Waals surface area contributed by atoms with Gasteiger partial charge in [0.25, 0.3) is 11.6 Å². The molecule has 1 aromatic heterocycles. The molecule has 160 valence electrons. The zero-order valence-electron chi connectivity index (χ0n) is 16.8. The molecule has 0 atom stereocenters. The van der Waals surface area contributed by atoms with Gasteiger partial charge in [-0.25, -0.2) is 0 Å². The van der Waals surface area contributed by atoms with Gasteiger partial charge < -0.3 is 15.6 Å². The number of anilines is 1. The number of H-pyrrole nitrogens is 1. The molecule has 3 aromatic rings. The molecule has 2 amide bonds. The van der Waals surface area contributed by atoms with Crippen LogP contribution in [0.1, 0.15) is 23.2 Å². The summed E-state index contributed by atoms with van der Waals surface area (Å²) in [5, 5.41) is 17.5. The number of non-ortho nitro benzene ring substituents is 1. The summed E-state index contributed by atoms with van der Waals surface area (Å²) in [6.07, 6.45) is 3.03. The van der Waals surface area contributed by atoms with Crippen LogP contribution in [0.15, 0.2) is 54.7 Å². The molecule has 0 spiro atoms. The maximum Gasteiger partial charge on any atom is 0.270 e. The number of benzene rings is 2. The molecule has 3 N–H and O–H groups in total. The second-order valence-corrected chi connectivity index (χ2v) is 7.63. The molecule has 2 aromatic carbocycles. The zero-order valence-corrected chi connectivity index (χ0v) is 16.8. The Hall–Kier alpha value is -3.72. The van der Waals surface area contributed by atoms with Crippen LogP contribution in [0.25, 0.3) is 10.9 Å². The van der Waals surface area contributed by atoms with Crippen molar-refractivity contribution in [3.8, 4) is 0 Å². The van der Waals surface area contributed by atoms with E-state index >= 15 is 0 Å². The molecule has 9 heteroatoms. The molecule has 1 fully saturated rings. The Balaban J connectivity index is 1.30. The summed E-state index contributed by atoms with van der Waals surface area (Å²) in [7, 11) is 0. The predicted octanol–water partition coefficient (Wildman–Crippen LogP) is 2.91. The molecule has 0 radical (unpaired) electrons. The molecule has 1 aliphatic rings. The topological polar surface area (TPSA) is 120 Å². The minimum Gasteiger partial charge on any atom is -0.360 e. The van der Waals surface area contributed by atoms with E-state index < -0.39 is 4.92 Å². The number of aromatic amines is 1. The van der Waals surface area contributed by atoms with Crippen LogP contribution < -0.4 is 10.6 Å². The summed E-state index contributed by atoms with van der Waals surface area (Å²) >= 11 is 0. The number of nitrogens with one attached hydrogen (secondary N) is 3. The third-order valence-corrected chi connectivity index (χ3v) is 5.47.